The van der Waals surface area contributed by atoms with E-state index in [1.165, 1.54) is 0 Å². The van der Waals surface area contributed by atoms with E-state index in [9.17, 15) is 18.3 Å². The molecule has 2 fully saturated rings. The van der Waals surface area contributed by atoms with Gasteiger partial charge in [-0.3, -0.25) is 4.79 Å². The molecule has 2 aliphatic rings. The van der Waals surface area contributed by atoms with Crippen LogP contribution >= 0.6 is 0 Å². The van der Waals surface area contributed by atoms with Gasteiger partial charge in [0.2, 0.25) is 0 Å². The molecule has 0 aromatic rings. The first-order valence-corrected chi connectivity index (χ1v) is 8.73. The van der Waals surface area contributed by atoms with Gasteiger partial charge in [-0.1, -0.05) is 0 Å². The first kappa shape index (κ1) is 15.7. The number of rotatable bonds is 4. The molecule has 0 aromatic heterocycles. The molecular formula is C13H22O6S. The third-order valence-corrected chi connectivity index (χ3v) is 6.98. The van der Waals surface area contributed by atoms with E-state index in [2.05, 4.69) is 0 Å². The van der Waals surface area contributed by atoms with Crippen LogP contribution in [0.3, 0.4) is 0 Å². The molecule has 0 aromatic carbocycles. The molecule has 1 saturated heterocycles. The number of aliphatic hydroxyl groups is 1. The molecule has 2 N–H and O–H groups in total. The number of carboxylic acid groups (broad SMARTS) is 1. The van der Waals surface area contributed by atoms with Crippen LogP contribution in [0.1, 0.15) is 39.0 Å². The van der Waals surface area contributed by atoms with E-state index in [1.807, 2.05) is 0 Å². The van der Waals surface area contributed by atoms with Gasteiger partial charge >= 0.3 is 5.97 Å². The first-order valence-electron chi connectivity index (χ1n) is 7.02. The number of hydrogen-bond acceptors (Lipinski definition) is 5. The lowest BCUT2D eigenvalue weighted by molar-refractivity contribution is -0.144. The van der Waals surface area contributed by atoms with Crippen LogP contribution in [-0.4, -0.2) is 53.9 Å². The van der Waals surface area contributed by atoms with Crippen molar-refractivity contribution in [2.75, 3.05) is 12.4 Å². The summed E-state index contributed by atoms with van der Waals surface area (Å²) in [6.07, 6.45) is 1.25. The monoisotopic (exact) mass is 306 g/mol. The molecule has 0 spiro atoms. The van der Waals surface area contributed by atoms with Crippen molar-refractivity contribution in [2.45, 2.75) is 56.0 Å². The highest BCUT2D eigenvalue weighted by Gasteiger charge is 2.44. The molecule has 7 heteroatoms. The third kappa shape index (κ3) is 3.32. The van der Waals surface area contributed by atoms with E-state index >= 15 is 0 Å². The smallest absolute Gasteiger partial charge is 0.306 e. The number of carbonyl (C=O) groups is 1. The summed E-state index contributed by atoms with van der Waals surface area (Å²) >= 11 is 0. The SMILES string of the molecule is CC1OCCC1S(=O)(=O)CC1(O)CCC(C(=O)O)CC1. The number of ether oxygens (including phenoxy) is 1. The van der Waals surface area contributed by atoms with E-state index < -0.39 is 32.6 Å². The van der Waals surface area contributed by atoms with Crippen molar-refractivity contribution in [3.63, 3.8) is 0 Å². The van der Waals surface area contributed by atoms with Gasteiger partial charge in [-0.05, 0) is 39.0 Å². The predicted octanol–water partition coefficient (Wildman–Crippen LogP) is 0.584. The summed E-state index contributed by atoms with van der Waals surface area (Å²) in [5.41, 5.74) is -1.28. The van der Waals surface area contributed by atoms with Crippen molar-refractivity contribution < 1.29 is 28.2 Å². The van der Waals surface area contributed by atoms with Crippen LogP contribution in [0.15, 0.2) is 0 Å². The second-order valence-electron chi connectivity index (χ2n) is 6.05. The minimum Gasteiger partial charge on any atom is -0.481 e. The Morgan fingerprint density at radius 1 is 1.30 bits per heavy atom. The Morgan fingerprint density at radius 3 is 2.35 bits per heavy atom. The Bertz CT molecular complexity index is 463. The maximum Gasteiger partial charge on any atom is 0.306 e. The Hall–Kier alpha value is -0.660. The van der Waals surface area contributed by atoms with Crippen LogP contribution in [0.2, 0.25) is 0 Å². The molecule has 116 valence electrons. The number of hydrogen-bond donors (Lipinski definition) is 2. The Kier molecular flexibility index (Phi) is 4.41. The molecule has 0 amide bonds. The van der Waals surface area contributed by atoms with E-state index in [0.29, 0.717) is 25.9 Å². The third-order valence-electron chi connectivity index (χ3n) is 4.50. The van der Waals surface area contributed by atoms with Gasteiger partial charge in [0.25, 0.3) is 0 Å². The normalized spacial score (nSPS) is 38.8. The highest BCUT2D eigenvalue weighted by Crippen LogP contribution is 2.35. The van der Waals surface area contributed by atoms with Gasteiger partial charge in [-0.25, -0.2) is 8.42 Å². The van der Waals surface area contributed by atoms with Crippen LogP contribution in [0.25, 0.3) is 0 Å². The second kappa shape index (κ2) is 5.61. The standard InChI is InChI=1S/C13H22O6S/c1-9-11(4-7-19-9)20(17,18)8-13(16)5-2-10(3-6-13)12(14)15/h9-11,16H,2-8H2,1H3,(H,14,15). The molecule has 0 radical (unpaired) electrons. The van der Waals surface area contributed by atoms with Crippen molar-refractivity contribution in [1.29, 1.82) is 0 Å². The van der Waals surface area contributed by atoms with E-state index in [4.69, 9.17) is 9.84 Å². The van der Waals surface area contributed by atoms with Gasteiger partial charge in [-0.2, -0.15) is 0 Å². The van der Waals surface area contributed by atoms with Crippen molar-refractivity contribution in [3.05, 3.63) is 0 Å². The molecular weight excluding hydrogens is 284 g/mol. The zero-order chi connectivity index (χ0) is 15.0. The number of sulfone groups is 1. The highest BCUT2D eigenvalue weighted by molar-refractivity contribution is 7.92. The summed E-state index contributed by atoms with van der Waals surface area (Å²) in [7, 11) is -3.43. The lowest BCUT2D eigenvalue weighted by atomic mass is 9.80. The quantitative estimate of drug-likeness (QED) is 0.788. The molecule has 6 nitrogen and oxygen atoms in total. The molecule has 1 saturated carbocycles. The largest absolute Gasteiger partial charge is 0.481 e. The minimum atomic E-state index is -3.43. The molecule has 2 atom stereocenters. The summed E-state index contributed by atoms with van der Waals surface area (Å²) in [5.74, 6) is -1.62. The van der Waals surface area contributed by atoms with Crippen molar-refractivity contribution >= 4 is 15.8 Å². The topological polar surface area (TPSA) is 101 Å². The van der Waals surface area contributed by atoms with E-state index in [0.717, 1.165) is 0 Å². The van der Waals surface area contributed by atoms with Crippen LogP contribution in [-0.2, 0) is 19.4 Å². The number of carboxylic acids is 1. The maximum atomic E-state index is 12.4. The predicted molar refractivity (Wildman–Crippen MR) is 72.1 cm³/mol. The van der Waals surface area contributed by atoms with Gasteiger partial charge in [0.05, 0.1) is 28.6 Å². The minimum absolute atomic E-state index is 0.227. The van der Waals surface area contributed by atoms with Crippen LogP contribution in [0, 0.1) is 5.92 Å². The van der Waals surface area contributed by atoms with Gasteiger partial charge < -0.3 is 14.9 Å². The zero-order valence-electron chi connectivity index (χ0n) is 11.6. The lowest BCUT2D eigenvalue weighted by Crippen LogP contribution is -2.45. The fourth-order valence-corrected chi connectivity index (χ4v) is 5.58. The summed E-state index contributed by atoms with van der Waals surface area (Å²) in [6, 6.07) is 0. The summed E-state index contributed by atoms with van der Waals surface area (Å²) in [5, 5.41) is 18.8. The molecule has 1 heterocycles. The Balaban J connectivity index is 2.00. The molecule has 2 unspecified atom stereocenters. The van der Waals surface area contributed by atoms with Crippen LogP contribution in [0.5, 0.6) is 0 Å². The van der Waals surface area contributed by atoms with Gasteiger partial charge in [0, 0.05) is 6.61 Å². The molecule has 1 aliphatic carbocycles. The van der Waals surface area contributed by atoms with Gasteiger partial charge in [0.15, 0.2) is 9.84 Å². The molecule has 1 aliphatic heterocycles. The lowest BCUT2D eigenvalue weighted by Gasteiger charge is -2.35. The fourth-order valence-electron chi connectivity index (χ4n) is 3.21. The average molecular weight is 306 g/mol. The van der Waals surface area contributed by atoms with E-state index in [1.54, 1.807) is 6.92 Å². The zero-order valence-corrected chi connectivity index (χ0v) is 12.4. The number of aliphatic carboxylic acids is 1. The first-order chi connectivity index (χ1) is 9.23. The molecule has 0 bridgehead atoms. The summed E-state index contributed by atoms with van der Waals surface area (Å²) in [6.45, 7) is 2.17. The maximum absolute atomic E-state index is 12.4. The summed E-state index contributed by atoms with van der Waals surface area (Å²) in [4.78, 5) is 10.9. The van der Waals surface area contributed by atoms with Crippen LogP contribution in [0.4, 0.5) is 0 Å². The molecule has 2 rings (SSSR count). The van der Waals surface area contributed by atoms with Crippen molar-refractivity contribution in [3.8, 4) is 0 Å². The fraction of sp³-hybridized carbons (Fsp3) is 0.923. The average Bonchev–Trinajstić information content (AvgIpc) is 2.75. The van der Waals surface area contributed by atoms with Crippen molar-refractivity contribution in [2.24, 2.45) is 5.92 Å². The highest BCUT2D eigenvalue weighted by atomic mass is 32.2. The Labute approximate surface area is 119 Å². The second-order valence-corrected chi connectivity index (χ2v) is 8.27. The summed E-state index contributed by atoms with van der Waals surface area (Å²) < 4.78 is 30.0. The van der Waals surface area contributed by atoms with E-state index in [-0.39, 0.29) is 24.7 Å². The van der Waals surface area contributed by atoms with Crippen LogP contribution < -0.4 is 0 Å². The molecule has 20 heavy (non-hydrogen) atoms. The Morgan fingerprint density at radius 2 is 1.90 bits per heavy atom. The van der Waals surface area contributed by atoms with Gasteiger partial charge in [0.1, 0.15) is 0 Å². The van der Waals surface area contributed by atoms with Gasteiger partial charge in [-0.15, -0.1) is 0 Å². The van der Waals surface area contributed by atoms with Crippen molar-refractivity contribution in [1.82, 2.24) is 0 Å².